The van der Waals surface area contributed by atoms with E-state index >= 15 is 0 Å². The van der Waals surface area contributed by atoms with Crippen molar-refractivity contribution < 1.29 is 18.0 Å². The first-order valence-corrected chi connectivity index (χ1v) is 8.89. The lowest BCUT2D eigenvalue weighted by Crippen LogP contribution is -2.41. The van der Waals surface area contributed by atoms with Gasteiger partial charge in [0.25, 0.3) is 11.8 Å². The summed E-state index contributed by atoms with van der Waals surface area (Å²) in [7, 11) is -0.876. The average molecular weight is 380 g/mol. The molecule has 1 heterocycles. The van der Waals surface area contributed by atoms with E-state index in [9.17, 15) is 18.0 Å². The van der Waals surface area contributed by atoms with Crippen molar-refractivity contribution in [3.63, 3.8) is 0 Å². The number of sulfonamides is 1. The zero-order chi connectivity index (χ0) is 18.6. The van der Waals surface area contributed by atoms with Gasteiger partial charge in [-0.1, -0.05) is 18.3 Å². The molecule has 0 aliphatic rings. The van der Waals surface area contributed by atoms with Crippen LogP contribution in [0, 0.1) is 4.64 Å². The fourth-order valence-corrected chi connectivity index (χ4v) is 3.04. The maximum absolute atomic E-state index is 12.1. The highest BCUT2D eigenvalue weighted by molar-refractivity contribution is 7.89. The van der Waals surface area contributed by atoms with Crippen LogP contribution in [0.3, 0.4) is 0 Å². The van der Waals surface area contributed by atoms with E-state index in [4.69, 9.17) is 12.2 Å². The fourth-order valence-electron chi connectivity index (χ4n) is 1.86. The number of hydrogen-bond acceptors (Lipinski definition) is 5. The van der Waals surface area contributed by atoms with Gasteiger partial charge in [0.05, 0.1) is 10.5 Å². The second kappa shape index (κ2) is 7.55. The van der Waals surface area contributed by atoms with Gasteiger partial charge in [-0.15, -0.1) is 0 Å². The van der Waals surface area contributed by atoms with Crippen LogP contribution >= 0.6 is 12.2 Å². The molecular weight excluding hydrogens is 364 g/mol. The summed E-state index contributed by atoms with van der Waals surface area (Å²) < 4.78 is 25.5. The molecule has 0 aliphatic heterocycles. The van der Waals surface area contributed by atoms with Gasteiger partial charge in [-0.3, -0.25) is 20.4 Å². The lowest BCUT2D eigenvalue weighted by molar-refractivity contribution is 0.0846. The van der Waals surface area contributed by atoms with Crippen molar-refractivity contribution in [2.75, 3.05) is 14.1 Å². The first kappa shape index (κ1) is 18.8. The van der Waals surface area contributed by atoms with Gasteiger partial charge in [-0.2, -0.15) is 0 Å². The minimum atomic E-state index is -3.66. The van der Waals surface area contributed by atoms with E-state index in [1.54, 1.807) is 12.3 Å². The molecule has 25 heavy (non-hydrogen) atoms. The van der Waals surface area contributed by atoms with Gasteiger partial charge < -0.3 is 4.98 Å². The largest absolute Gasteiger partial charge is 0.352 e. The molecule has 132 valence electrons. The molecule has 2 rings (SSSR count). The second-order valence-electron chi connectivity index (χ2n) is 5.14. The molecule has 10 heteroatoms. The number of hydrazine groups is 1. The van der Waals surface area contributed by atoms with Crippen molar-refractivity contribution in [1.82, 2.24) is 20.1 Å². The third-order valence-corrected chi connectivity index (χ3v) is 5.38. The Balaban J connectivity index is 2.13. The SMILES string of the molecule is CN(C)S(=O)(=O)c1cccc(C(=O)NNC(=O)c2ccc[nH]c2=S)c1. The van der Waals surface area contributed by atoms with Crippen LogP contribution in [0.1, 0.15) is 20.7 Å². The smallest absolute Gasteiger partial charge is 0.272 e. The third kappa shape index (κ3) is 4.29. The summed E-state index contributed by atoms with van der Waals surface area (Å²) in [6.07, 6.45) is 1.58. The highest BCUT2D eigenvalue weighted by Crippen LogP contribution is 2.14. The number of rotatable bonds is 4. The summed E-state index contributed by atoms with van der Waals surface area (Å²) in [6, 6.07) is 8.60. The Labute approximate surface area is 149 Å². The molecule has 0 atom stereocenters. The summed E-state index contributed by atoms with van der Waals surface area (Å²) in [6.45, 7) is 0. The topological polar surface area (TPSA) is 111 Å². The molecule has 0 unspecified atom stereocenters. The van der Waals surface area contributed by atoms with Gasteiger partial charge >= 0.3 is 0 Å². The summed E-state index contributed by atoms with van der Waals surface area (Å²) in [5, 5.41) is 0. The average Bonchev–Trinajstić information content (AvgIpc) is 2.59. The van der Waals surface area contributed by atoms with Crippen LogP contribution in [-0.2, 0) is 10.0 Å². The Kier molecular flexibility index (Phi) is 5.67. The molecule has 3 N–H and O–H groups in total. The molecule has 0 radical (unpaired) electrons. The van der Waals surface area contributed by atoms with Gasteiger partial charge in [0.15, 0.2) is 0 Å². The number of pyridine rings is 1. The summed E-state index contributed by atoms with van der Waals surface area (Å²) in [5.41, 5.74) is 4.74. The Hall–Kier alpha value is -2.56. The number of benzene rings is 1. The number of nitrogens with zero attached hydrogens (tertiary/aromatic N) is 1. The second-order valence-corrected chi connectivity index (χ2v) is 7.70. The Morgan fingerprint density at radius 2 is 1.76 bits per heavy atom. The number of H-pyrrole nitrogens is 1. The highest BCUT2D eigenvalue weighted by atomic mass is 32.2. The highest BCUT2D eigenvalue weighted by Gasteiger charge is 2.19. The van der Waals surface area contributed by atoms with Crippen LogP contribution in [0.2, 0.25) is 0 Å². The van der Waals surface area contributed by atoms with Crippen LogP contribution in [0.25, 0.3) is 0 Å². The maximum atomic E-state index is 12.1. The molecule has 0 bridgehead atoms. The van der Waals surface area contributed by atoms with E-state index in [0.717, 1.165) is 4.31 Å². The lowest BCUT2D eigenvalue weighted by Gasteiger charge is -2.12. The van der Waals surface area contributed by atoms with Crippen molar-refractivity contribution in [1.29, 1.82) is 0 Å². The normalized spacial score (nSPS) is 11.2. The number of carbonyl (C=O) groups excluding carboxylic acids is 2. The number of nitrogens with one attached hydrogen (secondary N) is 3. The maximum Gasteiger partial charge on any atom is 0.272 e. The van der Waals surface area contributed by atoms with Crippen LogP contribution in [0.5, 0.6) is 0 Å². The summed E-state index contributed by atoms with van der Waals surface area (Å²) >= 11 is 4.98. The van der Waals surface area contributed by atoms with Crippen LogP contribution < -0.4 is 10.9 Å². The van der Waals surface area contributed by atoms with E-state index in [2.05, 4.69) is 15.8 Å². The van der Waals surface area contributed by atoms with Crippen molar-refractivity contribution in [3.05, 3.63) is 58.4 Å². The number of aromatic nitrogens is 1. The molecule has 2 amide bonds. The zero-order valence-corrected chi connectivity index (χ0v) is 15.1. The number of carbonyl (C=O) groups is 2. The first-order chi connectivity index (χ1) is 11.7. The predicted molar refractivity (Wildman–Crippen MR) is 93.9 cm³/mol. The Morgan fingerprint density at radius 3 is 2.40 bits per heavy atom. The van der Waals surface area contributed by atoms with E-state index in [1.807, 2.05) is 0 Å². The number of hydrogen-bond donors (Lipinski definition) is 3. The fraction of sp³-hybridized carbons (Fsp3) is 0.133. The molecule has 0 saturated carbocycles. The van der Waals surface area contributed by atoms with Crippen molar-refractivity contribution in [3.8, 4) is 0 Å². The van der Waals surface area contributed by atoms with Gasteiger partial charge in [-0.25, -0.2) is 12.7 Å². The van der Waals surface area contributed by atoms with E-state index in [0.29, 0.717) is 0 Å². The predicted octanol–water partition coefficient (Wildman–Crippen LogP) is 1.07. The third-order valence-electron chi connectivity index (χ3n) is 3.23. The van der Waals surface area contributed by atoms with Crippen LogP contribution in [0.15, 0.2) is 47.5 Å². The lowest BCUT2D eigenvalue weighted by atomic mass is 10.2. The number of amides is 2. The molecule has 0 fully saturated rings. The minimum absolute atomic E-state index is 0.0259. The number of aromatic amines is 1. The van der Waals surface area contributed by atoms with Crippen molar-refractivity contribution >= 4 is 34.1 Å². The van der Waals surface area contributed by atoms with Crippen molar-refractivity contribution in [2.24, 2.45) is 0 Å². The van der Waals surface area contributed by atoms with Crippen molar-refractivity contribution in [2.45, 2.75) is 4.90 Å². The van der Waals surface area contributed by atoms with Crippen LogP contribution in [0.4, 0.5) is 0 Å². The summed E-state index contributed by atoms with van der Waals surface area (Å²) in [5.74, 6) is -1.25. The molecule has 0 saturated heterocycles. The molecule has 0 spiro atoms. The van der Waals surface area contributed by atoms with E-state index in [1.165, 1.54) is 44.4 Å². The summed E-state index contributed by atoms with van der Waals surface area (Å²) in [4.78, 5) is 26.8. The molecule has 1 aromatic carbocycles. The molecule has 8 nitrogen and oxygen atoms in total. The Morgan fingerprint density at radius 1 is 1.08 bits per heavy atom. The quantitative estimate of drug-likeness (QED) is 0.543. The Bertz CT molecular complexity index is 967. The zero-order valence-electron chi connectivity index (χ0n) is 13.4. The van der Waals surface area contributed by atoms with Gasteiger partial charge in [-0.05, 0) is 30.3 Å². The molecule has 2 aromatic rings. The standard InChI is InChI=1S/C15H16N4O4S2/c1-19(2)25(22,23)11-6-3-5-10(9-11)13(20)17-18-14(21)12-7-4-8-16-15(12)24/h3-9H,1-2H3,(H,16,24)(H,17,20)(H,18,21). The van der Waals surface area contributed by atoms with Gasteiger partial charge in [0, 0.05) is 25.9 Å². The van der Waals surface area contributed by atoms with E-state index < -0.39 is 21.8 Å². The monoisotopic (exact) mass is 380 g/mol. The van der Waals surface area contributed by atoms with Gasteiger partial charge in [0.1, 0.15) is 4.64 Å². The first-order valence-electron chi connectivity index (χ1n) is 7.04. The van der Waals surface area contributed by atoms with Gasteiger partial charge in [0.2, 0.25) is 10.0 Å². The molecular formula is C15H16N4O4S2. The molecule has 0 aliphatic carbocycles. The van der Waals surface area contributed by atoms with E-state index in [-0.39, 0.29) is 20.7 Å². The molecule has 1 aromatic heterocycles. The van der Waals surface area contributed by atoms with Crippen LogP contribution in [-0.4, -0.2) is 43.6 Å². The minimum Gasteiger partial charge on any atom is -0.352 e.